The molecule has 2 aromatic rings. The Morgan fingerprint density at radius 3 is 3.29 bits per heavy atom. The number of hydrogen-bond acceptors (Lipinski definition) is 3. The van der Waals surface area contributed by atoms with E-state index in [1.807, 2.05) is 6.92 Å². The molecule has 1 aromatic carbocycles. The van der Waals surface area contributed by atoms with E-state index in [9.17, 15) is 0 Å². The highest BCUT2D eigenvalue weighted by atomic mass is 32.2. The average molecular weight is 247 g/mol. The van der Waals surface area contributed by atoms with Gasteiger partial charge in [0.2, 0.25) is 0 Å². The van der Waals surface area contributed by atoms with Gasteiger partial charge in [-0.1, -0.05) is 0 Å². The quantitative estimate of drug-likeness (QED) is 0.876. The van der Waals surface area contributed by atoms with Crippen molar-refractivity contribution in [3.63, 3.8) is 0 Å². The van der Waals surface area contributed by atoms with E-state index < -0.39 is 0 Å². The van der Waals surface area contributed by atoms with Crippen LogP contribution in [-0.4, -0.2) is 28.0 Å². The molecular formula is C13H17N3S. The third-order valence-corrected chi connectivity index (χ3v) is 4.45. The maximum absolute atomic E-state index is 4.41. The van der Waals surface area contributed by atoms with Gasteiger partial charge in [-0.3, -0.25) is 0 Å². The van der Waals surface area contributed by atoms with E-state index in [1.165, 1.54) is 23.6 Å². The maximum atomic E-state index is 4.41. The number of benzene rings is 1. The number of anilines is 1. The molecule has 0 saturated carbocycles. The summed E-state index contributed by atoms with van der Waals surface area (Å²) in [5, 5.41) is 3.53. The van der Waals surface area contributed by atoms with Crippen LogP contribution in [0.25, 0.3) is 11.0 Å². The van der Waals surface area contributed by atoms with Crippen molar-refractivity contribution >= 4 is 28.5 Å². The van der Waals surface area contributed by atoms with Gasteiger partial charge in [-0.05, 0) is 49.0 Å². The molecule has 0 amide bonds. The van der Waals surface area contributed by atoms with E-state index in [4.69, 9.17) is 0 Å². The predicted octanol–water partition coefficient (Wildman–Crippen LogP) is 3.04. The molecular weight excluding hydrogens is 230 g/mol. The molecule has 3 nitrogen and oxygen atoms in total. The third kappa shape index (κ3) is 2.41. The van der Waals surface area contributed by atoms with Crippen LogP contribution in [0.15, 0.2) is 18.2 Å². The van der Waals surface area contributed by atoms with Crippen molar-refractivity contribution in [3.8, 4) is 0 Å². The van der Waals surface area contributed by atoms with Crippen molar-refractivity contribution in [2.24, 2.45) is 5.92 Å². The van der Waals surface area contributed by atoms with E-state index in [0.29, 0.717) is 0 Å². The maximum Gasteiger partial charge on any atom is 0.104 e. The van der Waals surface area contributed by atoms with Crippen LogP contribution < -0.4 is 5.32 Å². The fourth-order valence-electron chi connectivity index (χ4n) is 2.25. The lowest BCUT2D eigenvalue weighted by Gasteiger charge is -2.10. The monoisotopic (exact) mass is 247 g/mol. The molecule has 0 bridgehead atoms. The van der Waals surface area contributed by atoms with Crippen LogP contribution in [0.2, 0.25) is 0 Å². The van der Waals surface area contributed by atoms with Crippen LogP contribution in [0.3, 0.4) is 0 Å². The Morgan fingerprint density at radius 2 is 2.47 bits per heavy atom. The van der Waals surface area contributed by atoms with Gasteiger partial charge in [0.05, 0.1) is 11.0 Å². The van der Waals surface area contributed by atoms with E-state index in [0.717, 1.165) is 29.3 Å². The van der Waals surface area contributed by atoms with Gasteiger partial charge in [0.1, 0.15) is 5.82 Å². The number of H-pyrrole nitrogens is 1. The Morgan fingerprint density at radius 1 is 1.53 bits per heavy atom. The summed E-state index contributed by atoms with van der Waals surface area (Å²) in [6, 6.07) is 6.34. The van der Waals surface area contributed by atoms with Crippen LogP contribution >= 0.6 is 11.8 Å². The highest BCUT2D eigenvalue weighted by Crippen LogP contribution is 2.24. The topological polar surface area (TPSA) is 40.7 Å². The Balaban J connectivity index is 1.71. The van der Waals surface area contributed by atoms with E-state index in [2.05, 4.69) is 45.2 Å². The first-order valence-corrected chi connectivity index (χ1v) is 7.25. The molecule has 1 unspecified atom stereocenters. The number of imidazole rings is 1. The van der Waals surface area contributed by atoms with Gasteiger partial charge in [0, 0.05) is 12.2 Å². The highest BCUT2D eigenvalue weighted by molar-refractivity contribution is 7.99. The molecule has 1 atom stereocenters. The molecule has 2 N–H and O–H groups in total. The molecule has 1 aliphatic heterocycles. The second-order valence-corrected chi connectivity index (χ2v) is 5.81. The minimum atomic E-state index is 0.833. The summed E-state index contributed by atoms with van der Waals surface area (Å²) in [7, 11) is 0. The SMILES string of the molecule is Cc1nc2ccc(NCC3CCSC3)cc2[nH]1. The molecule has 1 saturated heterocycles. The first-order chi connectivity index (χ1) is 8.31. The molecule has 0 spiro atoms. The molecule has 0 radical (unpaired) electrons. The van der Waals surface area contributed by atoms with Crippen LogP contribution in [-0.2, 0) is 0 Å². The molecule has 1 aliphatic rings. The van der Waals surface area contributed by atoms with E-state index >= 15 is 0 Å². The summed E-state index contributed by atoms with van der Waals surface area (Å²) < 4.78 is 0. The van der Waals surface area contributed by atoms with Gasteiger partial charge in [0.25, 0.3) is 0 Å². The fraction of sp³-hybridized carbons (Fsp3) is 0.462. The summed E-state index contributed by atoms with van der Waals surface area (Å²) in [6.07, 6.45) is 1.35. The number of nitrogens with one attached hydrogen (secondary N) is 2. The minimum absolute atomic E-state index is 0.833. The van der Waals surface area contributed by atoms with Crippen LogP contribution in [0.5, 0.6) is 0 Å². The highest BCUT2D eigenvalue weighted by Gasteiger charge is 2.14. The van der Waals surface area contributed by atoms with Crippen molar-refractivity contribution in [2.75, 3.05) is 23.4 Å². The summed E-state index contributed by atoms with van der Waals surface area (Å²) >= 11 is 2.07. The smallest absolute Gasteiger partial charge is 0.104 e. The van der Waals surface area contributed by atoms with Gasteiger partial charge >= 0.3 is 0 Å². The molecule has 1 fully saturated rings. The average Bonchev–Trinajstić information content (AvgIpc) is 2.92. The second kappa shape index (κ2) is 4.61. The molecule has 3 rings (SSSR count). The number of nitrogens with zero attached hydrogens (tertiary/aromatic N) is 1. The summed E-state index contributed by atoms with van der Waals surface area (Å²) in [6.45, 7) is 3.08. The number of rotatable bonds is 3. The van der Waals surface area contributed by atoms with Crippen molar-refractivity contribution in [2.45, 2.75) is 13.3 Å². The van der Waals surface area contributed by atoms with E-state index in [-0.39, 0.29) is 0 Å². The van der Waals surface area contributed by atoms with Crippen molar-refractivity contribution in [1.29, 1.82) is 0 Å². The fourth-order valence-corrected chi connectivity index (χ4v) is 3.54. The van der Waals surface area contributed by atoms with Crippen LogP contribution in [0.1, 0.15) is 12.2 Å². The molecule has 2 heterocycles. The van der Waals surface area contributed by atoms with Crippen LogP contribution in [0, 0.1) is 12.8 Å². The Labute approximate surface area is 105 Å². The normalized spacial score (nSPS) is 19.9. The van der Waals surface area contributed by atoms with Crippen molar-refractivity contribution in [1.82, 2.24) is 9.97 Å². The Hall–Kier alpha value is -1.16. The van der Waals surface area contributed by atoms with Gasteiger partial charge in [-0.15, -0.1) is 0 Å². The first kappa shape index (κ1) is 11.0. The zero-order valence-electron chi connectivity index (χ0n) is 9.99. The van der Waals surface area contributed by atoms with Crippen molar-refractivity contribution < 1.29 is 0 Å². The lowest BCUT2D eigenvalue weighted by Crippen LogP contribution is -2.13. The number of aromatic nitrogens is 2. The molecule has 1 aromatic heterocycles. The number of aromatic amines is 1. The lowest BCUT2D eigenvalue weighted by atomic mass is 10.1. The second-order valence-electron chi connectivity index (χ2n) is 4.66. The van der Waals surface area contributed by atoms with Crippen molar-refractivity contribution in [3.05, 3.63) is 24.0 Å². The Bertz CT molecular complexity index is 514. The molecule has 90 valence electrons. The summed E-state index contributed by atoms with van der Waals surface area (Å²) in [5.74, 6) is 4.44. The zero-order valence-corrected chi connectivity index (χ0v) is 10.8. The molecule has 0 aliphatic carbocycles. The van der Waals surface area contributed by atoms with Gasteiger partial charge in [-0.25, -0.2) is 4.98 Å². The van der Waals surface area contributed by atoms with Gasteiger partial charge in [0.15, 0.2) is 0 Å². The van der Waals surface area contributed by atoms with Crippen LogP contribution in [0.4, 0.5) is 5.69 Å². The predicted molar refractivity (Wildman–Crippen MR) is 74.8 cm³/mol. The molecule has 17 heavy (non-hydrogen) atoms. The molecule has 4 heteroatoms. The lowest BCUT2D eigenvalue weighted by molar-refractivity contribution is 0.632. The minimum Gasteiger partial charge on any atom is -0.385 e. The summed E-state index contributed by atoms with van der Waals surface area (Å²) in [4.78, 5) is 7.68. The number of fused-ring (bicyclic) bond motifs is 1. The number of hydrogen-bond donors (Lipinski definition) is 2. The van der Waals surface area contributed by atoms with E-state index in [1.54, 1.807) is 0 Å². The number of aryl methyl sites for hydroxylation is 1. The zero-order chi connectivity index (χ0) is 11.7. The third-order valence-electron chi connectivity index (χ3n) is 3.22. The number of thioether (sulfide) groups is 1. The first-order valence-electron chi connectivity index (χ1n) is 6.09. The largest absolute Gasteiger partial charge is 0.385 e. The summed E-state index contributed by atoms with van der Waals surface area (Å²) in [5.41, 5.74) is 3.36. The standard InChI is InChI=1S/C13H17N3S/c1-9-15-12-3-2-11(6-13(12)16-9)14-7-10-4-5-17-8-10/h2-3,6,10,14H,4-5,7-8H2,1H3,(H,15,16). The van der Waals surface area contributed by atoms with Gasteiger partial charge < -0.3 is 10.3 Å². The van der Waals surface area contributed by atoms with Gasteiger partial charge in [-0.2, -0.15) is 11.8 Å². The Kier molecular flexibility index (Phi) is 2.97.